The maximum atomic E-state index is 11.3. The highest BCUT2D eigenvalue weighted by Crippen LogP contribution is 2.21. The molecule has 0 saturated heterocycles. The third kappa shape index (κ3) is 2.61. The van der Waals surface area contributed by atoms with Crippen LogP contribution in [-0.4, -0.2) is 20.2 Å². The van der Waals surface area contributed by atoms with Crippen molar-refractivity contribution in [3.05, 3.63) is 35.4 Å². The molecule has 0 spiro atoms. The molecule has 0 aliphatic carbocycles. The minimum absolute atomic E-state index is 0.411. The summed E-state index contributed by atoms with van der Waals surface area (Å²) in [5.74, 6) is 0.100. The molecule has 4 heteroatoms. The van der Waals surface area contributed by atoms with E-state index in [1.54, 1.807) is 24.3 Å². The molecule has 82 valence electrons. The number of ether oxygens (including phenoxy) is 2. The Labute approximate surface area is 93.7 Å². The molecule has 0 radical (unpaired) electrons. The van der Waals surface area contributed by atoms with Crippen molar-refractivity contribution in [3.8, 4) is 11.8 Å². The molecule has 0 aliphatic rings. The number of nitrogens with zero attached hydrogens (tertiary/aromatic N) is 1. The molecule has 0 saturated carbocycles. The van der Waals surface area contributed by atoms with Crippen LogP contribution < -0.4 is 4.74 Å². The van der Waals surface area contributed by atoms with Gasteiger partial charge in [0.15, 0.2) is 0 Å². The van der Waals surface area contributed by atoms with Gasteiger partial charge in [-0.1, -0.05) is 6.07 Å². The van der Waals surface area contributed by atoms with E-state index in [1.807, 2.05) is 6.07 Å². The Hall–Kier alpha value is -2.28. The Morgan fingerprint density at radius 2 is 2.19 bits per heavy atom. The first-order valence-electron chi connectivity index (χ1n) is 4.55. The molecule has 16 heavy (non-hydrogen) atoms. The first-order chi connectivity index (χ1) is 7.72. The van der Waals surface area contributed by atoms with E-state index in [-0.39, 0.29) is 0 Å². The SMILES string of the molecule is COC(=O)c1ccc(C=CC#N)c(OC)c1. The summed E-state index contributed by atoms with van der Waals surface area (Å²) in [6.45, 7) is 0. The zero-order valence-electron chi connectivity index (χ0n) is 9.06. The zero-order valence-corrected chi connectivity index (χ0v) is 9.06. The molecule has 4 nitrogen and oxygen atoms in total. The molecule has 0 aliphatic heterocycles. The van der Waals surface area contributed by atoms with E-state index in [4.69, 9.17) is 10.00 Å². The highest BCUT2D eigenvalue weighted by Gasteiger charge is 2.08. The van der Waals surface area contributed by atoms with Crippen molar-refractivity contribution >= 4 is 12.0 Å². The van der Waals surface area contributed by atoms with Gasteiger partial charge in [0.25, 0.3) is 0 Å². The predicted octanol–water partition coefficient (Wildman–Crippen LogP) is 2.02. The average molecular weight is 217 g/mol. The average Bonchev–Trinajstić information content (AvgIpc) is 2.35. The molecule has 0 aromatic heterocycles. The first kappa shape index (κ1) is 11.8. The fourth-order valence-corrected chi connectivity index (χ4v) is 1.22. The smallest absolute Gasteiger partial charge is 0.337 e. The molecule has 0 atom stereocenters. The maximum absolute atomic E-state index is 11.3. The van der Waals surface area contributed by atoms with Gasteiger partial charge in [-0.05, 0) is 18.2 Å². The molecule has 0 N–H and O–H groups in total. The predicted molar refractivity (Wildman–Crippen MR) is 59.0 cm³/mol. The molecule has 1 aromatic carbocycles. The molecule has 0 unspecified atom stereocenters. The summed E-state index contributed by atoms with van der Waals surface area (Å²) in [6, 6.07) is 6.77. The molecule has 0 amide bonds. The number of carbonyl (C=O) groups is 1. The Balaban J connectivity index is 3.12. The standard InChI is InChI=1S/C12H11NO3/c1-15-11-8-10(12(14)16-2)6-5-9(11)4-3-7-13/h3-6,8H,1-2H3. The lowest BCUT2D eigenvalue weighted by atomic mass is 10.1. The van der Waals surface area contributed by atoms with Crippen molar-refractivity contribution in [2.75, 3.05) is 14.2 Å². The van der Waals surface area contributed by atoms with Gasteiger partial charge in [-0.15, -0.1) is 0 Å². The van der Waals surface area contributed by atoms with Crippen LogP contribution in [0.2, 0.25) is 0 Å². The van der Waals surface area contributed by atoms with Crippen LogP contribution in [0.5, 0.6) is 5.75 Å². The molecule has 0 bridgehead atoms. The number of esters is 1. The maximum Gasteiger partial charge on any atom is 0.337 e. The van der Waals surface area contributed by atoms with Crippen LogP contribution in [0.25, 0.3) is 6.08 Å². The quantitative estimate of drug-likeness (QED) is 0.574. The topological polar surface area (TPSA) is 59.3 Å². The molecule has 0 fully saturated rings. The summed E-state index contributed by atoms with van der Waals surface area (Å²) >= 11 is 0. The Morgan fingerprint density at radius 1 is 1.44 bits per heavy atom. The minimum atomic E-state index is -0.422. The van der Waals surface area contributed by atoms with Crippen LogP contribution in [-0.2, 0) is 4.74 Å². The number of benzene rings is 1. The van der Waals surface area contributed by atoms with E-state index < -0.39 is 5.97 Å². The lowest BCUT2D eigenvalue weighted by Crippen LogP contribution is -2.01. The van der Waals surface area contributed by atoms with Gasteiger partial charge >= 0.3 is 5.97 Å². The Kier molecular flexibility index (Phi) is 4.10. The largest absolute Gasteiger partial charge is 0.496 e. The van der Waals surface area contributed by atoms with Crippen molar-refractivity contribution < 1.29 is 14.3 Å². The van der Waals surface area contributed by atoms with Crippen LogP contribution in [0.3, 0.4) is 0 Å². The number of nitriles is 1. The first-order valence-corrected chi connectivity index (χ1v) is 4.55. The molecular formula is C12H11NO3. The summed E-state index contributed by atoms with van der Waals surface area (Å²) in [5.41, 5.74) is 1.14. The highest BCUT2D eigenvalue weighted by atomic mass is 16.5. The van der Waals surface area contributed by atoms with Gasteiger partial charge in [-0.3, -0.25) is 0 Å². The second-order valence-corrected chi connectivity index (χ2v) is 2.91. The number of carbonyl (C=O) groups excluding carboxylic acids is 1. The number of hydrogen-bond donors (Lipinski definition) is 0. The van der Waals surface area contributed by atoms with Crippen molar-refractivity contribution in [2.24, 2.45) is 0 Å². The molecule has 0 heterocycles. The summed E-state index contributed by atoms with van der Waals surface area (Å²) in [5, 5.41) is 8.42. The van der Waals surface area contributed by atoms with Crippen molar-refractivity contribution in [1.29, 1.82) is 5.26 Å². The Morgan fingerprint density at radius 3 is 2.75 bits per heavy atom. The van der Waals surface area contributed by atoms with Gasteiger partial charge < -0.3 is 9.47 Å². The summed E-state index contributed by atoms with van der Waals surface area (Å²) in [4.78, 5) is 11.3. The highest BCUT2D eigenvalue weighted by molar-refractivity contribution is 5.90. The number of methoxy groups -OCH3 is 2. The normalized spacial score (nSPS) is 9.81. The monoisotopic (exact) mass is 217 g/mol. The van der Waals surface area contributed by atoms with Crippen molar-refractivity contribution in [2.45, 2.75) is 0 Å². The second kappa shape index (κ2) is 5.56. The van der Waals surface area contributed by atoms with Gasteiger partial charge in [-0.2, -0.15) is 5.26 Å². The minimum Gasteiger partial charge on any atom is -0.496 e. The number of rotatable bonds is 3. The Bertz CT molecular complexity index is 458. The van der Waals surface area contributed by atoms with Crippen molar-refractivity contribution in [1.82, 2.24) is 0 Å². The van der Waals surface area contributed by atoms with Crippen LogP contribution in [0.15, 0.2) is 24.3 Å². The van der Waals surface area contributed by atoms with Gasteiger partial charge in [0.1, 0.15) is 5.75 Å². The van der Waals surface area contributed by atoms with E-state index in [0.29, 0.717) is 11.3 Å². The molecular weight excluding hydrogens is 206 g/mol. The lowest BCUT2D eigenvalue weighted by Gasteiger charge is -2.06. The fourth-order valence-electron chi connectivity index (χ4n) is 1.22. The van der Waals surface area contributed by atoms with Gasteiger partial charge in [0, 0.05) is 11.6 Å². The van der Waals surface area contributed by atoms with Crippen LogP contribution in [0.4, 0.5) is 0 Å². The van der Waals surface area contributed by atoms with Crippen LogP contribution in [0, 0.1) is 11.3 Å². The van der Waals surface area contributed by atoms with Gasteiger partial charge in [0.05, 0.1) is 25.9 Å². The van der Waals surface area contributed by atoms with E-state index in [0.717, 1.165) is 5.56 Å². The number of hydrogen-bond acceptors (Lipinski definition) is 4. The van der Waals surface area contributed by atoms with Crippen LogP contribution >= 0.6 is 0 Å². The third-order valence-corrected chi connectivity index (χ3v) is 1.99. The van der Waals surface area contributed by atoms with Crippen LogP contribution in [0.1, 0.15) is 15.9 Å². The second-order valence-electron chi connectivity index (χ2n) is 2.91. The summed E-state index contributed by atoms with van der Waals surface area (Å²) in [6.07, 6.45) is 2.95. The molecule has 1 rings (SSSR count). The zero-order chi connectivity index (χ0) is 12.0. The summed E-state index contributed by atoms with van der Waals surface area (Å²) in [7, 11) is 2.82. The fraction of sp³-hybridized carbons (Fsp3) is 0.167. The lowest BCUT2D eigenvalue weighted by molar-refractivity contribution is 0.0600. The van der Waals surface area contributed by atoms with Gasteiger partial charge in [-0.25, -0.2) is 4.79 Å². The third-order valence-electron chi connectivity index (χ3n) is 1.99. The van der Waals surface area contributed by atoms with Crippen molar-refractivity contribution in [3.63, 3.8) is 0 Å². The summed E-state index contributed by atoms with van der Waals surface area (Å²) < 4.78 is 9.70. The van der Waals surface area contributed by atoms with Gasteiger partial charge in [0.2, 0.25) is 0 Å². The number of allylic oxidation sites excluding steroid dienone is 1. The van der Waals surface area contributed by atoms with E-state index in [2.05, 4.69) is 4.74 Å². The van der Waals surface area contributed by atoms with E-state index in [9.17, 15) is 4.79 Å². The van der Waals surface area contributed by atoms with E-state index >= 15 is 0 Å². The molecule has 1 aromatic rings. The van der Waals surface area contributed by atoms with E-state index in [1.165, 1.54) is 20.3 Å².